The third kappa shape index (κ3) is 4.11. The van der Waals surface area contributed by atoms with Gasteiger partial charge in [-0.25, -0.2) is 4.39 Å². The van der Waals surface area contributed by atoms with Gasteiger partial charge in [0.25, 0.3) is 0 Å². The van der Waals surface area contributed by atoms with E-state index in [1.54, 1.807) is 0 Å². The minimum absolute atomic E-state index is 0.0445. The summed E-state index contributed by atoms with van der Waals surface area (Å²) in [5.74, 6) is -0.782. The van der Waals surface area contributed by atoms with Crippen LogP contribution in [0.15, 0.2) is 40.9 Å². The molecule has 0 atom stereocenters. The van der Waals surface area contributed by atoms with Crippen LogP contribution in [0.25, 0.3) is 0 Å². The molecule has 7 heteroatoms. The van der Waals surface area contributed by atoms with Gasteiger partial charge in [-0.3, -0.25) is 0 Å². The summed E-state index contributed by atoms with van der Waals surface area (Å²) < 4.78 is 57.6. The quantitative estimate of drug-likeness (QED) is 0.457. The Labute approximate surface area is 131 Å². The van der Waals surface area contributed by atoms with Crippen LogP contribution in [0, 0.1) is 5.82 Å². The molecule has 0 N–H and O–H groups in total. The van der Waals surface area contributed by atoms with Crippen LogP contribution >= 0.6 is 27.5 Å². The van der Waals surface area contributed by atoms with Crippen molar-refractivity contribution in [2.24, 2.45) is 0 Å². The van der Waals surface area contributed by atoms with Crippen LogP contribution in [0.1, 0.15) is 11.1 Å². The molecule has 0 aliphatic carbocycles. The third-order valence-corrected chi connectivity index (χ3v) is 3.35. The predicted molar refractivity (Wildman–Crippen MR) is 75.2 cm³/mol. The minimum Gasteiger partial charge on any atom is -0.457 e. The van der Waals surface area contributed by atoms with Crippen LogP contribution in [0.2, 0.25) is 0 Å². The van der Waals surface area contributed by atoms with E-state index in [-0.39, 0.29) is 22.9 Å². The van der Waals surface area contributed by atoms with Crippen molar-refractivity contribution < 1.29 is 22.3 Å². The van der Waals surface area contributed by atoms with Crippen molar-refractivity contribution in [2.45, 2.75) is 12.1 Å². The minimum atomic E-state index is -4.54. The molecule has 0 bridgehead atoms. The maximum Gasteiger partial charge on any atom is 0.416 e. The molecule has 0 aromatic heterocycles. The fraction of sp³-hybridized carbons (Fsp3) is 0.143. The van der Waals surface area contributed by atoms with Crippen molar-refractivity contribution >= 4 is 27.5 Å². The Morgan fingerprint density at radius 3 is 2.33 bits per heavy atom. The summed E-state index contributed by atoms with van der Waals surface area (Å²) in [5, 5.41) is 0. The van der Waals surface area contributed by atoms with Crippen molar-refractivity contribution in [2.75, 3.05) is 0 Å². The maximum absolute atomic E-state index is 13.2. The van der Waals surface area contributed by atoms with E-state index in [4.69, 9.17) is 16.3 Å². The standard InChI is InChI=1S/C14H8BrClF4O/c15-9-3-10(17)5-12(4-9)21-11-2-1-8(7-16)13(6-11)14(18,19)20/h1-6H,7H2. The van der Waals surface area contributed by atoms with Gasteiger partial charge in [0.1, 0.15) is 17.3 Å². The lowest BCUT2D eigenvalue weighted by atomic mass is 10.1. The lowest BCUT2D eigenvalue weighted by Gasteiger charge is -2.13. The molecule has 0 amide bonds. The highest BCUT2D eigenvalue weighted by atomic mass is 79.9. The van der Waals surface area contributed by atoms with E-state index in [9.17, 15) is 17.6 Å². The zero-order valence-corrected chi connectivity index (χ0v) is 12.7. The number of hydrogen-bond acceptors (Lipinski definition) is 1. The Balaban J connectivity index is 2.37. The number of halogens is 6. The van der Waals surface area contributed by atoms with E-state index < -0.39 is 17.6 Å². The van der Waals surface area contributed by atoms with E-state index in [1.165, 1.54) is 24.3 Å². The van der Waals surface area contributed by atoms with Crippen LogP contribution < -0.4 is 4.74 Å². The molecule has 112 valence electrons. The molecular weight excluding hydrogens is 376 g/mol. The van der Waals surface area contributed by atoms with Gasteiger partial charge in [0.2, 0.25) is 0 Å². The highest BCUT2D eigenvalue weighted by Crippen LogP contribution is 2.36. The molecule has 2 aromatic carbocycles. The highest BCUT2D eigenvalue weighted by molar-refractivity contribution is 9.10. The molecule has 0 heterocycles. The van der Waals surface area contributed by atoms with Crippen molar-refractivity contribution in [3.63, 3.8) is 0 Å². The predicted octanol–water partition coefficient (Wildman–Crippen LogP) is 6.14. The number of rotatable bonds is 3. The van der Waals surface area contributed by atoms with E-state index in [0.717, 1.165) is 12.1 Å². The first-order valence-corrected chi connectivity index (χ1v) is 7.02. The average molecular weight is 384 g/mol. The third-order valence-electron chi connectivity index (χ3n) is 2.60. The molecule has 0 radical (unpaired) electrons. The molecule has 0 aliphatic heterocycles. The summed E-state index contributed by atoms with van der Waals surface area (Å²) in [6.07, 6.45) is -4.54. The highest BCUT2D eigenvalue weighted by Gasteiger charge is 2.33. The summed E-state index contributed by atoms with van der Waals surface area (Å²) in [6, 6.07) is 7.17. The zero-order valence-electron chi connectivity index (χ0n) is 10.3. The lowest BCUT2D eigenvalue weighted by Crippen LogP contribution is -2.08. The van der Waals surface area contributed by atoms with Gasteiger partial charge in [-0.2, -0.15) is 13.2 Å². The monoisotopic (exact) mass is 382 g/mol. The molecule has 21 heavy (non-hydrogen) atoms. The second-order valence-electron chi connectivity index (χ2n) is 4.16. The Kier molecular flexibility index (Phi) is 4.78. The smallest absolute Gasteiger partial charge is 0.416 e. The summed E-state index contributed by atoms with van der Waals surface area (Å²) in [7, 11) is 0. The molecule has 0 unspecified atom stereocenters. The SMILES string of the molecule is Fc1cc(Br)cc(Oc2ccc(CCl)c(C(F)(F)F)c2)c1. The topological polar surface area (TPSA) is 9.23 Å². The number of ether oxygens (including phenoxy) is 1. The van der Waals surface area contributed by atoms with Gasteiger partial charge in [0.05, 0.1) is 5.56 Å². The zero-order chi connectivity index (χ0) is 15.6. The van der Waals surface area contributed by atoms with Gasteiger partial charge in [0.15, 0.2) is 0 Å². The summed E-state index contributed by atoms with van der Waals surface area (Å²) in [4.78, 5) is 0. The Hall–Kier alpha value is -1.27. The Morgan fingerprint density at radius 1 is 1.05 bits per heavy atom. The van der Waals surface area contributed by atoms with Crippen molar-refractivity contribution in [1.82, 2.24) is 0 Å². The van der Waals surface area contributed by atoms with E-state index in [1.807, 2.05) is 0 Å². The Morgan fingerprint density at radius 2 is 1.76 bits per heavy atom. The molecule has 0 spiro atoms. The molecule has 0 fully saturated rings. The molecule has 0 saturated heterocycles. The van der Waals surface area contributed by atoms with Gasteiger partial charge in [-0.1, -0.05) is 22.0 Å². The lowest BCUT2D eigenvalue weighted by molar-refractivity contribution is -0.138. The van der Waals surface area contributed by atoms with E-state index >= 15 is 0 Å². The first kappa shape index (κ1) is 16.1. The first-order chi connectivity index (χ1) is 9.79. The van der Waals surface area contributed by atoms with E-state index in [2.05, 4.69) is 15.9 Å². The van der Waals surface area contributed by atoms with Crippen LogP contribution in [-0.4, -0.2) is 0 Å². The van der Waals surface area contributed by atoms with Gasteiger partial charge in [-0.05, 0) is 29.8 Å². The summed E-state index contributed by atoms with van der Waals surface area (Å²) in [5.41, 5.74) is -0.914. The van der Waals surface area contributed by atoms with Gasteiger partial charge >= 0.3 is 6.18 Å². The molecule has 2 rings (SSSR count). The summed E-state index contributed by atoms with van der Waals surface area (Å²) in [6.45, 7) is 0. The molecule has 1 nitrogen and oxygen atoms in total. The van der Waals surface area contributed by atoms with Crippen LogP contribution in [0.4, 0.5) is 17.6 Å². The van der Waals surface area contributed by atoms with Crippen molar-refractivity contribution in [3.05, 3.63) is 57.8 Å². The Bertz CT molecular complexity index is 638. The van der Waals surface area contributed by atoms with Gasteiger partial charge in [0, 0.05) is 16.4 Å². The molecular formula is C14H8BrClF4O. The maximum atomic E-state index is 13.2. The molecule has 0 saturated carbocycles. The fourth-order valence-corrected chi connectivity index (χ4v) is 2.40. The van der Waals surface area contributed by atoms with Gasteiger partial charge in [-0.15, -0.1) is 11.6 Å². The number of hydrogen-bond donors (Lipinski definition) is 0. The fourth-order valence-electron chi connectivity index (χ4n) is 1.72. The van der Waals surface area contributed by atoms with Gasteiger partial charge < -0.3 is 4.74 Å². The molecule has 0 aliphatic rings. The number of benzene rings is 2. The second-order valence-corrected chi connectivity index (χ2v) is 5.34. The van der Waals surface area contributed by atoms with E-state index in [0.29, 0.717) is 4.47 Å². The normalized spacial score (nSPS) is 11.5. The van der Waals surface area contributed by atoms with Crippen molar-refractivity contribution in [1.29, 1.82) is 0 Å². The van der Waals surface area contributed by atoms with Crippen molar-refractivity contribution in [3.8, 4) is 11.5 Å². The first-order valence-electron chi connectivity index (χ1n) is 5.69. The van der Waals surface area contributed by atoms with Crippen LogP contribution in [0.3, 0.4) is 0 Å². The second kappa shape index (κ2) is 6.23. The summed E-state index contributed by atoms with van der Waals surface area (Å²) >= 11 is 8.57. The molecule has 2 aromatic rings. The van der Waals surface area contributed by atoms with Crippen LogP contribution in [0.5, 0.6) is 11.5 Å². The largest absolute Gasteiger partial charge is 0.457 e. The van der Waals surface area contributed by atoms with Crippen LogP contribution in [-0.2, 0) is 12.1 Å². The number of alkyl halides is 4. The average Bonchev–Trinajstić information content (AvgIpc) is 2.36.